The Morgan fingerprint density at radius 1 is 1.26 bits per heavy atom. The van der Waals surface area contributed by atoms with Gasteiger partial charge in [-0.1, -0.05) is 17.7 Å². The van der Waals surface area contributed by atoms with E-state index in [0.717, 1.165) is 29.1 Å². The van der Waals surface area contributed by atoms with Gasteiger partial charge in [0.25, 0.3) is 0 Å². The number of nitrogen functional groups attached to an aromatic ring is 1. The van der Waals surface area contributed by atoms with Gasteiger partial charge in [0.15, 0.2) is 5.65 Å². The molecule has 0 aliphatic rings. The third kappa shape index (κ3) is 1.85. The second-order valence-electron chi connectivity index (χ2n) is 4.23. The quantitative estimate of drug-likeness (QED) is 0.728. The molecular weight excluding hydrogens is 260 g/mol. The SMILES string of the molecule is CCn1c(-c2cccc(Cl)c2N)nc2cccnc21. The number of benzene rings is 1. The molecule has 4 nitrogen and oxygen atoms in total. The van der Waals surface area contributed by atoms with Crippen LogP contribution in [-0.2, 0) is 6.54 Å². The van der Waals surface area contributed by atoms with E-state index >= 15 is 0 Å². The van der Waals surface area contributed by atoms with Gasteiger partial charge in [0.05, 0.1) is 10.7 Å². The molecule has 0 radical (unpaired) electrons. The average Bonchev–Trinajstić information content (AvgIpc) is 2.80. The summed E-state index contributed by atoms with van der Waals surface area (Å²) in [6.07, 6.45) is 1.77. The second kappa shape index (κ2) is 4.55. The standard InChI is InChI=1S/C14H13ClN4/c1-2-19-13(9-5-3-6-10(15)12(9)16)18-11-7-4-8-17-14(11)19/h3-8H,2,16H2,1H3. The van der Waals surface area contributed by atoms with E-state index in [-0.39, 0.29) is 0 Å². The molecule has 0 spiro atoms. The summed E-state index contributed by atoms with van der Waals surface area (Å²) < 4.78 is 2.04. The van der Waals surface area contributed by atoms with Crippen molar-refractivity contribution in [3.63, 3.8) is 0 Å². The molecule has 2 heterocycles. The van der Waals surface area contributed by atoms with E-state index < -0.39 is 0 Å². The molecule has 2 aromatic heterocycles. The van der Waals surface area contributed by atoms with Gasteiger partial charge < -0.3 is 10.3 Å². The van der Waals surface area contributed by atoms with Crippen LogP contribution in [0.1, 0.15) is 6.92 Å². The lowest BCUT2D eigenvalue weighted by molar-refractivity contribution is 0.787. The van der Waals surface area contributed by atoms with E-state index in [0.29, 0.717) is 10.7 Å². The van der Waals surface area contributed by atoms with Gasteiger partial charge in [-0.2, -0.15) is 0 Å². The van der Waals surface area contributed by atoms with E-state index in [1.54, 1.807) is 12.3 Å². The van der Waals surface area contributed by atoms with Crippen LogP contribution in [0, 0.1) is 0 Å². The highest BCUT2D eigenvalue weighted by atomic mass is 35.5. The largest absolute Gasteiger partial charge is 0.397 e. The van der Waals surface area contributed by atoms with Crippen molar-refractivity contribution in [2.75, 3.05) is 5.73 Å². The minimum absolute atomic E-state index is 0.542. The molecule has 0 aliphatic carbocycles. The molecule has 5 heteroatoms. The summed E-state index contributed by atoms with van der Waals surface area (Å²) in [6, 6.07) is 9.39. The molecule has 0 saturated carbocycles. The fourth-order valence-electron chi connectivity index (χ4n) is 2.20. The first-order valence-electron chi connectivity index (χ1n) is 6.08. The topological polar surface area (TPSA) is 56.7 Å². The maximum absolute atomic E-state index is 6.08. The van der Waals surface area contributed by atoms with Crippen molar-refractivity contribution in [3.05, 3.63) is 41.6 Å². The number of para-hydroxylation sites is 1. The third-order valence-corrected chi connectivity index (χ3v) is 3.44. The Kier molecular flexibility index (Phi) is 2.87. The summed E-state index contributed by atoms with van der Waals surface area (Å²) in [7, 11) is 0. The van der Waals surface area contributed by atoms with E-state index in [2.05, 4.69) is 16.9 Å². The van der Waals surface area contributed by atoms with Crippen LogP contribution in [0.25, 0.3) is 22.6 Å². The summed E-state index contributed by atoms with van der Waals surface area (Å²) in [4.78, 5) is 8.99. The van der Waals surface area contributed by atoms with E-state index in [9.17, 15) is 0 Å². The summed E-state index contributed by atoms with van der Waals surface area (Å²) in [5, 5.41) is 0.542. The van der Waals surface area contributed by atoms with Gasteiger partial charge in [-0.05, 0) is 31.2 Å². The number of nitrogens with zero attached hydrogens (tertiary/aromatic N) is 3. The molecule has 2 N–H and O–H groups in total. The second-order valence-corrected chi connectivity index (χ2v) is 4.63. The Morgan fingerprint density at radius 2 is 2.11 bits per heavy atom. The van der Waals surface area contributed by atoms with Crippen molar-refractivity contribution < 1.29 is 0 Å². The molecule has 0 amide bonds. The van der Waals surface area contributed by atoms with Crippen molar-refractivity contribution in [1.82, 2.24) is 14.5 Å². The number of pyridine rings is 1. The summed E-state index contributed by atoms with van der Waals surface area (Å²) in [5.74, 6) is 0.802. The Balaban J connectivity index is 2.33. The van der Waals surface area contributed by atoms with Crippen LogP contribution in [0.4, 0.5) is 5.69 Å². The first kappa shape index (κ1) is 12.0. The summed E-state index contributed by atoms with van der Waals surface area (Å²) in [5.41, 5.74) is 9.17. The average molecular weight is 273 g/mol. The Bertz CT molecular complexity index is 748. The molecule has 96 valence electrons. The lowest BCUT2D eigenvalue weighted by Crippen LogP contribution is -2.01. The van der Waals surface area contributed by atoms with Gasteiger partial charge in [-0.15, -0.1) is 0 Å². The fourth-order valence-corrected chi connectivity index (χ4v) is 2.37. The van der Waals surface area contributed by atoms with Gasteiger partial charge in [0.2, 0.25) is 0 Å². The molecule has 0 fully saturated rings. The highest BCUT2D eigenvalue weighted by molar-refractivity contribution is 6.33. The molecule has 1 aromatic carbocycles. The predicted molar refractivity (Wildman–Crippen MR) is 78.1 cm³/mol. The maximum Gasteiger partial charge on any atom is 0.160 e. The highest BCUT2D eigenvalue weighted by Gasteiger charge is 2.15. The van der Waals surface area contributed by atoms with Crippen LogP contribution in [0.2, 0.25) is 5.02 Å². The van der Waals surface area contributed by atoms with Crippen LogP contribution >= 0.6 is 11.6 Å². The minimum Gasteiger partial charge on any atom is -0.397 e. The van der Waals surface area contributed by atoms with Gasteiger partial charge in [0, 0.05) is 18.3 Å². The van der Waals surface area contributed by atoms with Crippen LogP contribution in [-0.4, -0.2) is 14.5 Å². The summed E-state index contributed by atoms with van der Waals surface area (Å²) in [6.45, 7) is 2.83. The normalized spacial score (nSPS) is 11.1. The van der Waals surface area contributed by atoms with Gasteiger partial charge in [-0.25, -0.2) is 9.97 Å². The zero-order valence-electron chi connectivity index (χ0n) is 10.5. The van der Waals surface area contributed by atoms with Crippen molar-refractivity contribution in [3.8, 4) is 11.4 Å². The number of hydrogen-bond donors (Lipinski definition) is 1. The molecule has 0 atom stereocenters. The Morgan fingerprint density at radius 3 is 2.89 bits per heavy atom. The lowest BCUT2D eigenvalue weighted by Gasteiger charge is -2.08. The number of aryl methyl sites for hydroxylation is 1. The molecule has 0 unspecified atom stereocenters. The smallest absolute Gasteiger partial charge is 0.160 e. The van der Waals surface area contributed by atoms with Gasteiger partial charge in [0.1, 0.15) is 11.3 Å². The van der Waals surface area contributed by atoms with Gasteiger partial charge >= 0.3 is 0 Å². The van der Waals surface area contributed by atoms with Crippen molar-refractivity contribution >= 4 is 28.5 Å². The molecule has 0 saturated heterocycles. The van der Waals surface area contributed by atoms with Crippen molar-refractivity contribution in [2.45, 2.75) is 13.5 Å². The van der Waals surface area contributed by atoms with Crippen LogP contribution < -0.4 is 5.73 Å². The van der Waals surface area contributed by atoms with Crippen molar-refractivity contribution in [1.29, 1.82) is 0 Å². The zero-order valence-corrected chi connectivity index (χ0v) is 11.2. The van der Waals surface area contributed by atoms with E-state index in [4.69, 9.17) is 17.3 Å². The Hall–Kier alpha value is -2.07. The first-order valence-corrected chi connectivity index (χ1v) is 6.45. The molecule has 19 heavy (non-hydrogen) atoms. The lowest BCUT2D eigenvalue weighted by atomic mass is 10.1. The maximum atomic E-state index is 6.08. The number of rotatable bonds is 2. The van der Waals surface area contributed by atoms with E-state index in [1.165, 1.54) is 0 Å². The molecule has 3 aromatic rings. The van der Waals surface area contributed by atoms with E-state index in [1.807, 2.05) is 28.8 Å². The third-order valence-electron chi connectivity index (χ3n) is 3.11. The van der Waals surface area contributed by atoms with Crippen LogP contribution in [0.5, 0.6) is 0 Å². The van der Waals surface area contributed by atoms with Crippen LogP contribution in [0.3, 0.4) is 0 Å². The first-order chi connectivity index (χ1) is 9.22. The predicted octanol–water partition coefficient (Wildman–Crippen LogP) is 3.35. The zero-order chi connectivity index (χ0) is 13.4. The number of fused-ring (bicyclic) bond motifs is 1. The summed E-state index contributed by atoms with van der Waals surface area (Å²) >= 11 is 6.08. The number of anilines is 1. The number of imidazole rings is 1. The molecule has 0 bridgehead atoms. The molecular formula is C14H13ClN4. The minimum atomic E-state index is 0.542. The number of halogens is 1. The Labute approximate surface area is 115 Å². The van der Waals surface area contributed by atoms with Crippen LogP contribution in [0.15, 0.2) is 36.5 Å². The number of nitrogens with two attached hydrogens (primary N) is 1. The number of aromatic nitrogens is 3. The molecule has 0 aliphatic heterocycles. The monoisotopic (exact) mass is 272 g/mol. The number of hydrogen-bond acceptors (Lipinski definition) is 3. The molecule has 3 rings (SSSR count). The fraction of sp³-hybridized carbons (Fsp3) is 0.143. The van der Waals surface area contributed by atoms with Crippen molar-refractivity contribution in [2.24, 2.45) is 0 Å². The highest BCUT2D eigenvalue weighted by Crippen LogP contribution is 2.32. The van der Waals surface area contributed by atoms with Gasteiger partial charge in [-0.3, -0.25) is 0 Å².